The first-order chi connectivity index (χ1) is 13.4. The smallest absolute Gasteiger partial charge is 0.334 e. The first kappa shape index (κ1) is 19.5. The van der Waals surface area contributed by atoms with Crippen molar-refractivity contribution in [2.24, 2.45) is 0 Å². The van der Waals surface area contributed by atoms with Crippen LogP contribution >= 0.6 is 0 Å². The van der Waals surface area contributed by atoms with E-state index >= 15 is 0 Å². The van der Waals surface area contributed by atoms with Gasteiger partial charge in [0.25, 0.3) is 0 Å². The molecule has 0 saturated carbocycles. The average Bonchev–Trinajstić information content (AvgIpc) is 3.17. The number of hydrogen-bond donors (Lipinski definition) is 2. The molecule has 0 aliphatic rings. The van der Waals surface area contributed by atoms with Crippen molar-refractivity contribution in [2.45, 2.75) is 25.8 Å². The van der Waals surface area contributed by atoms with Crippen LogP contribution in [0.4, 0.5) is 18.0 Å². The topological polar surface area (TPSA) is 59.0 Å². The van der Waals surface area contributed by atoms with E-state index in [1.165, 1.54) is 12.1 Å². The number of halogens is 3. The summed E-state index contributed by atoms with van der Waals surface area (Å²) in [5, 5.41) is 9.43. The fourth-order valence-electron chi connectivity index (χ4n) is 2.70. The minimum Gasteiger partial charge on any atom is -0.334 e. The standard InChI is InChI=1S/C20H19F3N4O/c21-20(22,23)18-7-2-5-16(11-18)13-25-19(28)24-12-15-4-1-6-17(10-15)14-27-9-3-8-26-27/h1-11H,12-14H2,(H2,24,25,28). The average molecular weight is 388 g/mol. The van der Waals surface area contributed by atoms with Crippen LogP contribution in [0.3, 0.4) is 0 Å². The van der Waals surface area contributed by atoms with Gasteiger partial charge >= 0.3 is 12.2 Å². The van der Waals surface area contributed by atoms with Crippen molar-refractivity contribution >= 4 is 6.03 Å². The van der Waals surface area contributed by atoms with Crippen molar-refractivity contribution < 1.29 is 18.0 Å². The van der Waals surface area contributed by atoms with Crippen molar-refractivity contribution in [3.8, 4) is 0 Å². The van der Waals surface area contributed by atoms with E-state index in [2.05, 4.69) is 15.7 Å². The van der Waals surface area contributed by atoms with E-state index in [-0.39, 0.29) is 6.54 Å². The van der Waals surface area contributed by atoms with Crippen molar-refractivity contribution in [3.63, 3.8) is 0 Å². The zero-order valence-corrected chi connectivity index (χ0v) is 14.9. The minimum absolute atomic E-state index is 0.00902. The Morgan fingerprint density at radius 1 is 0.929 bits per heavy atom. The van der Waals surface area contributed by atoms with E-state index in [1.54, 1.807) is 10.9 Å². The third-order valence-corrected chi connectivity index (χ3v) is 4.06. The van der Waals surface area contributed by atoms with Gasteiger partial charge in [-0.05, 0) is 34.9 Å². The van der Waals surface area contributed by atoms with Gasteiger partial charge in [-0.25, -0.2) is 4.79 Å². The first-order valence-corrected chi connectivity index (χ1v) is 8.63. The van der Waals surface area contributed by atoms with Gasteiger partial charge in [-0.1, -0.05) is 36.4 Å². The highest BCUT2D eigenvalue weighted by Crippen LogP contribution is 2.29. The Labute approximate surface area is 160 Å². The van der Waals surface area contributed by atoms with Gasteiger partial charge in [0.05, 0.1) is 12.1 Å². The summed E-state index contributed by atoms with van der Waals surface area (Å²) in [5.74, 6) is 0. The van der Waals surface area contributed by atoms with Crippen LogP contribution in [0.1, 0.15) is 22.3 Å². The molecule has 1 heterocycles. The fraction of sp³-hybridized carbons (Fsp3) is 0.200. The molecular weight excluding hydrogens is 369 g/mol. The van der Waals surface area contributed by atoms with Crippen LogP contribution in [0.25, 0.3) is 0 Å². The zero-order chi connectivity index (χ0) is 20.0. The quantitative estimate of drug-likeness (QED) is 0.672. The number of carbonyl (C=O) groups is 1. The van der Waals surface area contributed by atoms with Crippen molar-refractivity contribution in [3.05, 3.63) is 89.2 Å². The Bertz CT molecular complexity index is 923. The lowest BCUT2D eigenvalue weighted by atomic mass is 10.1. The number of amides is 2. The molecule has 0 saturated heterocycles. The lowest BCUT2D eigenvalue weighted by Crippen LogP contribution is -2.34. The number of benzene rings is 2. The second-order valence-corrected chi connectivity index (χ2v) is 6.26. The molecule has 0 fully saturated rings. The van der Waals surface area contributed by atoms with Gasteiger partial charge in [0.1, 0.15) is 0 Å². The van der Waals surface area contributed by atoms with Gasteiger partial charge in [0.2, 0.25) is 0 Å². The normalized spacial score (nSPS) is 11.2. The maximum atomic E-state index is 12.7. The van der Waals surface area contributed by atoms with E-state index in [4.69, 9.17) is 0 Å². The van der Waals surface area contributed by atoms with E-state index in [9.17, 15) is 18.0 Å². The molecule has 0 unspecified atom stereocenters. The Morgan fingerprint density at radius 3 is 2.21 bits per heavy atom. The molecule has 0 aliphatic carbocycles. The van der Waals surface area contributed by atoms with Gasteiger partial charge in [-0.3, -0.25) is 4.68 Å². The highest BCUT2D eigenvalue weighted by atomic mass is 19.4. The summed E-state index contributed by atoms with van der Waals surface area (Å²) in [4.78, 5) is 12.0. The molecule has 146 valence electrons. The molecule has 0 aliphatic heterocycles. The number of rotatable bonds is 6. The number of urea groups is 1. The molecule has 2 amide bonds. The van der Waals surface area contributed by atoms with Crippen LogP contribution < -0.4 is 10.6 Å². The highest BCUT2D eigenvalue weighted by molar-refractivity contribution is 5.73. The maximum Gasteiger partial charge on any atom is 0.416 e. The van der Waals surface area contributed by atoms with Gasteiger partial charge in [0.15, 0.2) is 0 Å². The van der Waals surface area contributed by atoms with Crippen molar-refractivity contribution in [2.75, 3.05) is 0 Å². The lowest BCUT2D eigenvalue weighted by molar-refractivity contribution is -0.137. The number of nitrogens with one attached hydrogen (secondary N) is 2. The molecule has 8 heteroatoms. The SMILES string of the molecule is O=C(NCc1cccc(Cn2cccn2)c1)NCc1cccc(C(F)(F)F)c1. The summed E-state index contributed by atoms with van der Waals surface area (Å²) in [6.07, 6.45) is -0.828. The Balaban J connectivity index is 1.49. The molecule has 0 spiro atoms. The monoisotopic (exact) mass is 388 g/mol. The summed E-state index contributed by atoms with van der Waals surface area (Å²) in [6, 6.07) is 14.0. The maximum absolute atomic E-state index is 12.7. The van der Waals surface area contributed by atoms with E-state index in [0.717, 1.165) is 23.3 Å². The Hall–Kier alpha value is -3.29. The second kappa shape index (κ2) is 8.60. The summed E-state index contributed by atoms with van der Waals surface area (Å²) < 4.78 is 40.0. The van der Waals surface area contributed by atoms with Gasteiger partial charge in [0, 0.05) is 25.5 Å². The summed E-state index contributed by atoms with van der Waals surface area (Å²) in [6.45, 7) is 0.943. The number of hydrogen-bond acceptors (Lipinski definition) is 2. The molecular formula is C20H19F3N4O. The molecule has 3 aromatic rings. The van der Waals surface area contributed by atoms with Crippen LogP contribution in [0, 0.1) is 0 Å². The predicted molar refractivity (Wildman–Crippen MR) is 98.3 cm³/mol. The third-order valence-electron chi connectivity index (χ3n) is 4.06. The summed E-state index contributed by atoms with van der Waals surface area (Å²) in [7, 11) is 0. The summed E-state index contributed by atoms with van der Waals surface area (Å²) >= 11 is 0. The van der Waals surface area contributed by atoms with Crippen LogP contribution in [0.2, 0.25) is 0 Å². The molecule has 1 aromatic heterocycles. The largest absolute Gasteiger partial charge is 0.416 e. The molecule has 28 heavy (non-hydrogen) atoms. The van der Waals surface area contributed by atoms with Crippen LogP contribution in [0.15, 0.2) is 67.0 Å². The van der Waals surface area contributed by atoms with Crippen molar-refractivity contribution in [1.29, 1.82) is 0 Å². The summed E-state index contributed by atoms with van der Waals surface area (Å²) in [5.41, 5.74) is 1.61. The Kier molecular flexibility index (Phi) is 5.98. The van der Waals surface area contributed by atoms with E-state index in [1.807, 2.05) is 36.5 Å². The molecule has 2 aromatic carbocycles. The van der Waals surface area contributed by atoms with E-state index < -0.39 is 17.8 Å². The Morgan fingerprint density at radius 2 is 1.57 bits per heavy atom. The molecule has 0 bridgehead atoms. The molecule has 0 atom stereocenters. The van der Waals surface area contributed by atoms with Crippen LogP contribution in [-0.2, 0) is 25.8 Å². The number of aromatic nitrogens is 2. The predicted octanol–water partition coefficient (Wildman–Crippen LogP) is 3.95. The van der Waals surface area contributed by atoms with Crippen molar-refractivity contribution in [1.82, 2.24) is 20.4 Å². The van der Waals surface area contributed by atoms with Gasteiger partial charge in [-0.2, -0.15) is 18.3 Å². The molecule has 5 nitrogen and oxygen atoms in total. The number of carbonyl (C=O) groups excluding carboxylic acids is 1. The molecule has 2 N–H and O–H groups in total. The highest BCUT2D eigenvalue weighted by Gasteiger charge is 2.30. The number of nitrogens with zero attached hydrogens (tertiary/aromatic N) is 2. The molecule has 3 rings (SSSR count). The third kappa shape index (κ3) is 5.60. The van der Waals surface area contributed by atoms with Gasteiger partial charge < -0.3 is 10.6 Å². The number of alkyl halides is 3. The second-order valence-electron chi connectivity index (χ2n) is 6.26. The van der Waals surface area contributed by atoms with E-state index in [0.29, 0.717) is 18.7 Å². The van der Waals surface area contributed by atoms with Crippen LogP contribution in [0.5, 0.6) is 0 Å². The fourth-order valence-corrected chi connectivity index (χ4v) is 2.70. The molecule has 0 radical (unpaired) electrons. The first-order valence-electron chi connectivity index (χ1n) is 8.63. The van der Waals surface area contributed by atoms with Crippen LogP contribution in [-0.4, -0.2) is 15.8 Å². The minimum atomic E-state index is -4.40. The van der Waals surface area contributed by atoms with Gasteiger partial charge in [-0.15, -0.1) is 0 Å². The lowest BCUT2D eigenvalue weighted by Gasteiger charge is -2.11. The zero-order valence-electron chi connectivity index (χ0n) is 14.9.